The van der Waals surface area contributed by atoms with Crippen LogP contribution in [0.15, 0.2) is 58.3 Å². The van der Waals surface area contributed by atoms with Gasteiger partial charge in [0.25, 0.3) is 5.91 Å². The van der Waals surface area contributed by atoms with E-state index in [1.807, 2.05) is 24.3 Å². The summed E-state index contributed by atoms with van der Waals surface area (Å²) in [6.45, 7) is 5.84. The average Bonchev–Trinajstić information content (AvgIpc) is 2.72. The van der Waals surface area contributed by atoms with Crippen LogP contribution in [0.5, 0.6) is 0 Å². The molecule has 2 heterocycles. The summed E-state index contributed by atoms with van der Waals surface area (Å²) in [7, 11) is -3.62. The standard InChI is InChI=1S/C22H26N2O3S2/c1-16-12-17(2)15-23(14-16)29(26,27)19-7-5-6-18(13-19)22(25)24-10-11-28-21-9-4-3-8-20(21)24/h3-9,13,16-17H,10-12,14-15H2,1-2H3. The summed E-state index contributed by atoms with van der Waals surface area (Å²) in [5.74, 6) is 1.33. The summed E-state index contributed by atoms with van der Waals surface area (Å²) in [5.41, 5.74) is 1.30. The number of piperidine rings is 1. The molecule has 2 unspecified atom stereocenters. The highest BCUT2D eigenvalue weighted by atomic mass is 32.2. The molecule has 0 saturated carbocycles. The Balaban J connectivity index is 1.63. The fourth-order valence-electron chi connectivity index (χ4n) is 4.28. The lowest BCUT2D eigenvalue weighted by molar-refractivity contribution is 0.0987. The highest BCUT2D eigenvalue weighted by Crippen LogP contribution is 2.35. The first kappa shape index (κ1) is 20.4. The Hall–Kier alpha value is -1.83. The minimum Gasteiger partial charge on any atom is -0.306 e. The second-order valence-electron chi connectivity index (χ2n) is 8.07. The zero-order valence-corrected chi connectivity index (χ0v) is 18.4. The largest absolute Gasteiger partial charge is 0.306 e. The monoisotopic (exact) mass is 430 g/mol. The lowest BCUT2D eigenvalue weighted by atomic mass is 9.94. The van der Waals surface area contributed by atoms with Gasteiger partial charge in [-0.15, -0.1) is 11.8 Å². The van der Waals surface area contributed by atoms with E-state index in [1.54, 1.807) is 39.2 Å². The first-order chi connectivity index (χ1) is 13.9. The van der Waals surface area contributed by atoms with Gasteiger partial charge in [-0.3, -0.25) is 4.79 Å². The zero-order valence-electron chi connectivity index (χ0n) is 16.7. The third-order valence-corrected chi connectivity index (χ3v) is 8.40. The SMILES string of the molecule is CC1CC(C)CN(S(=O)(=O)c2cccc(C(=O)N3CCSc4ccccc43)c2)C1. The van der Waals surface area contributed by atoms with Gasteiger partial charge in [0.1, 0.15) is 0 Å². The molecule has 5 nitrogen and oxygen atoms in total. The molecule has 29 heavy (non-hydrogen) atoms. The molecule has 7 heteroatoms. The molecule has 0 aliphatic carbocycles. The Morgan fingerprint density at radius 2 is 1.76 bits per heavy atom. The maximum atomic E-state index is 13.2. The summed E-state index contributed by atoms with van der Waals surface area (Å²) in [4.78, 5) is 16.3. The molecule has 0 spiro atoms. The Morgan fingerprint density at radius 1 is 1.03 bits per heavy atom. The van der Waals surface area contributed by atoms with E-state index in [0.717, 1.165) is 22.8 Å². The van der Waals surface area contributed by atoms with Crippen molar-refractivity contribution in [3.63, 3.8) is 0 Å². The molecule has 2 atom stereocenters. The van der Waals surface area contributed by atoms with Crippen molar-refractivity contribution in [1.82, 2.24) is 4.31 Å². The predicted molar refractivity (Wildman–Crippen MR) is 117 cm³/mol. The van der Waals surface area contributed by atoms with Crippen LogP contribution in [0.2, 0.25) is 0 Å². The van der Waals surface area contributed by atoms with Gasteiger partial charge < -0.3 is 4.90 Å². The number of para-hydroxylation sites is 1. The molecule has 1 amide bonds. The summed E-state index contributed by atoms with van der Waals surface area (Å²) in [6, 6.07) is 14.3. The van der Waals surface area contributed by atoms with Crippen molar-refractivity contribution < 1.29 is 13.2 Å². The molecule has 2 aromatic carbocycles. The molecular formula is C22H26N2O3S2. The van der Waals surface area contributed by atoms with Crippen LogP contribution in [-0.4, -0.2) is 44.0 Å². The number of hydrogen-bond donors (Lipinski definition) is 0. The van der Waals surface area contributed by atoms with Crippen LogP contribution in [-0.2, 0) is 10.0 Å². The minimum atomic E-state index is -3.62. The molecule has 0 bridgehead atoms. The van der Waals surface area contributed by atoms with E-state index < -0.39 is 10.0 Å². The lowest BCUT2D eigenvalue weighted by Gasteiger charge is -2.34. The molecule has 2 aromatic rings. The van der Waals surface area contributed by atoms with Gasteiger partial charge in [0.15, 0.2) is 0 Å². The number of nitrogens with zero attached hydrogens (tertiary/aromatic N) is 2. The van der Waals surface area contributed by atoms with E-state index in [0.29, 0.717) is 37.0 Å². The summed E-state index contributed by atoms with van der Waals surface area (Å²) in [6.07, 6.45) is 1.04. The number of rotatable bonds is 3. The molecule has 0 radical (unpaired) electrons. The van der Waals surface area contributed by atoms with Gasteiger partial charge in [-0.2, -0.15) is 4.31 Å². The highest BCUT2D eigenvalue weighted by Gasteiger charge is 2.32. The van der Waals surface area contributed by atoms with Gasteiger partial charge in [-0.1, -0.05) is 32.0 Å². The molecule has 1 fully saturated rings. The number of sulfonamides is 1. The second kappa shape index (κ2) is 8.13. The second-order valence-corrected chi connectivity index (χ2v) is 11.1. The summed E-state index contributed by atoms with van der Waals surface area (Å²) < 4.78 is 28.0. The van der Waals surface area contributed by atoms with Gasteiger partial charge in [0, 0.05) is 35.8 Å². The number of anilines is 1. The fourth-order valence-corrected chi connectivity index (χ4v) is 7.00. The van der Waals surface area contributed by atoms with Crippen molar-refractivity contribution in [2.24, 2.45) is 11.8 Å². The number of benzene rings is 2. The molecule has 2 aliphatic rings. The summed E-state index contributed by atoms with van der Waals surface area (Å²) in [5, 5.41) is 0. The van der Waals surface area contributed by atoms with Crippen LogP contribution >= 0.6 is 11.8 Å². The number of amides is 1. The first-order valence-electron chi connectivity index (χ1n) is 10.00. The number of carbonyl (C=O) groups excluding carboxylic acids is 1. The Labute approximate surface area is 177 Å². The molecule has 2 aliphatic heterocycles. The molecule has 0 aromatic heterocycles. The predicted octanol–water partition coefficient (Wildman–Crippen LogP) is 4.11. The lowest BCUT2D eigenvalue weighted by Crippen LogP contribution is -2.42. The molecule has 0 N–H and O–H groups in total. The minimum absolute atomic E-state index is 0.157. The average molecular weight is 431 g/mol. The fraction of sp³-hybridized carbons (Fsp3) is 0.409. The van der Waals surface area contributed by atoms with Gasteiger partial charge in [-0.25, -0.2) is 8.42 Å². The topological polar surface area (TPSA) is 57.7 Å². The van der Waals surface area contributed by atoms with Crippen LogP contribution in [0.4, 0.5) is 5.69 Å². The Bertz CT molecular complexity index is 1010. The van der Waals surface area contributed by atoms with Crippen molar-refractivity contribution in [3.8, 4) is 0 Å². The van der Waals surface area contributed by atoms with Crippen molar-refractivity contribution in [2.45, 2.75) is 30.1 Å². The van der Waals surface area contributed by atoms with Crippen molar-refractivity contribution >= 4 is 33.4 Å². The normalized spacial score (nSPS) is 22.9. The van der Waals surface area contributed by atoms with Gasteiger partial charge in [0.05, 0.1) is 10.6 Å². The number of fused-ring (bicyclic) bond motifs is 1. The van der Waals surface area contributed by atoms with E-state index in [9.17, 15) is 13.2 Å². The maximum absolute atomic E-state index is 13.2. The smallest absolute Gasteiger partial charge is 0.258 e. The van der Waals surface area contributed by atoms with Crippen LogP contribution in [0.1, 0.15) is 30.6 Å². The summed E-state index contributed by atoms with van der Waals surface area (Å²) >= 11 is 1.74. The van der Waals surface area contributed by atoms with Crippen LogP contribution < -0.4 is 4.90 Å². The van der Waals surface area contributed by atoms with Crippen LogP contribution in [0, 0.1) is 11.8 Å². The van der Waals surface area contributed by atoms with E-state index in [4.69, 9.17) is 0 Å². The maximum Gasteiger partial charge on any atom is 0.258 e. The zero-order chi connectivity index (χ0) is 20.6. The van der Waals surface area contributed by atoms with Crippen LogP contribution in [0.3, 0.4) is 0 Å². The van der Waals surface area contributed by atoms with Gasteiger partial charge in [-0.05, 0) is 48.6 Å². The van der Waals surface area contributed by atoms with E-state index in [2.05, 4.69) is 13.8 Å². The van der Waals surface area contributed by atoms with Crippen molar-refractivity contribution in [2.75, 3.05) is 30.3 Å². The molecule has 1 saturated heterocycles. The molecule has 154 valence electrons. The van der Waals surface area contributed by atoms with E-state index >= 15 is 0 Å². The van der Waals surface area contributed by atoms with Crippen molar-refractivity contribution in [3.05, 3.63) is 54.1 Å². The van der Waals surface area contributed by atoms with Crippen molar-refractivity contribution in [1.29, 1.82) is 0 Å². The highest BCUT2D eigenvalue weighted by molar-refractivity contribution is 7.99. The number of thioether (sulfide) groups is 1. The van der Waals surface area contributed by atoms with E-state index in [-0.39, 0.29) is 10.8 Å². The molecular weight excluding hydrogens is 404 g/mol. The van der Waals surface area contributed by atoms with E-state index in [1.165, 1.54) is 6.07 Å². The Kier molecular flexibility index (Phi) is 5.73. The third kappa shape index (κ3) is 4.09. The number of hydrogen-bond acceptors (Lipinski definition) is 4. The third-order valence-electron chi connectivity index (χ3n) is 5.53. The van der Waals surface area contributed by atoms with Crippen LogP contribution in [0.25, 0.3) is 0 Å². The van der Waals surface area contributed by atoms with Gasteiger partial charge in [0.2, 0.25) is 10.0 Å². The first-order valence-corrected chi connectivity index (χ1v) is 12.4. The molecule has 4 rings (SSSR count). The Morgan fingerprint density at radius 3 is 2.52 bits per heavy atom. The quantitative estimate of drug-likeness (QED) is 0.735. The number of carbonyl (C=O) groups is 1. The van der Waals surface area contributed by atoms with Gasteiger partial charge >= 0.3 is 0 Å².